The third kappa shape index (κ3) is 4.20. The molecular formula is C14H16ClNO3S2. The molecule has 0 bridgehead atoms. The summed E-state index contributed by atoms with van der Waals surface area (Å²) in [7, 11) is -2.11. The first-order valence-electron chi connectivity index (χ1n) is 6.30. The Hall–Kier alpha value is -1.08. The van der Waals surface area contributed by atoms with Crippen molar-refractivity contribution in [3.8, 4) is 5.75 Å². The lowest BCUT2D eigenvalue weighted by Crippen LogP contribution is -2.33. The first-order chi connectivity index (χ1) is 9.92. The highest BCUT2D eigenvalue weighted by atomic mass is 35.5. The number of thiophene rings is 1. The van der Waals surface area contributed by atoms with Crippen LogP contribution in [0, 0.1) is 0 Å². The van der Waals surface area contributed by atoms with Crippen LogP contribution in [-0.4, -0.2) is 21.6 Å². The van der Waals surface area contributed by atoms with Crippen molar-refractivity contribution in [2.75, 3.05) is 7.11 Å². The SMILES string of the molecule is COc1ccc(S(=O)(=O)N[C@@H](C)Cc2cccs2)cc1Cl. The summed E-state index contributed by atoms with van der Waals surface area (Å²) in [6.45, 7) is 1.84. The minimum atomic E-state index is -3.60. The molecule has 0 radical (unpaired) electrons. The highest BCUT2D eigenvalue weighted by Crippen LogP contribution is 2.27. The van der Waals surface area contributed by atoms with E-state index >= 15 is 0 Å². The van der Waals surface area contributed by atoms with Crippen molar-refractivity contribution in [3.63, 3.8) is 0 Å². The summed E-state index contributed by atoms with van der Waals surface area (Å²) in [5, 5.41) is 2.24. The van der Waals surface area contributed by atoms with Crippen molar-refractivity contribution >= 4 is 33.0 Å². The zero-order valence-electron chi connectivity index (χ0n) is 11.7. The van der Waals surface area contributed by atoms with Crippen molar-refractivity contribution in [1.29, 1.82) is 0 Å². The third-order valence-electron chi connectivity index (χ3n) is 2.88. The molecule has 2 rings (SSSR count). The molecule has 21 heavy (non-hydrogen) atoms. The van der Waals surface area contributed by atoms with Crippen LogP contribution in [0.4, 0.5) is 0 Å². The Morgan fingerprint density at radius 1 is 1.38 bits per heavy atom. The van der Waals surface area contributed by atoms with E-state index in [2.05, 4.69) is 4.72 Å². The lowest BCUT2D eigenvalue weighted by atomic mass is 10.2. The molecule has 0 fully saturated rings. The molecule has 0 spiro atoms. The summed E-state index contributed by atoms with van der Waals surface area (Å²) in [5.74, 6) is 0.447. The molecule has 0 aliphatic carbocycles. The van der Waals surface area contributed by atoms with Crippen molar-refractivity contribution in [3.05, 3.63) is 45.6 Å². The van der Waals surface area contributed by atoms with E-state index in [1.165, 1.54) is 19.2 Å². The van der Waals surface area contributed by atoms with E-state index < -0.39 is 10.0 Å². The number of ether oxygens (including phenoxy) is 1. The standard InChI is InChI=1S/C14H16ClNO3S2/c1-10(8-11-4-3-7-20-11)16-21(17,18)12-5-6-14(19-2)13(15)9-12/h3-7,9-10,16H,8H2,1-2H3/t10-/m0/s1. The van der Waals surface area contributed by atoms with Gasteiger partial charge in [0.05, 0.1) is 17.0 Å². The first-order valence-corrected chi connectivity index (χ1v) is 9.04. The van der Waals surface area contributed by atoms with Crippen LogP contribution in [0.5, 0.6) is 5.75 Å². The number of sulfonamides is 1. The molecule has 0 saturated carbocycles. The predicted molar refractivity (Wildman–Crippen MR) is 85.8 cm³/mol. The minimum Gasteiger partial charge on any atom is -0.495 e. The van der Waals surface area contributed by atoms with Crippen LogP contribution in [0.1, 0.15) is 11.8 Å². The molecule has 2 aromatic rings. The van der Waals surface area contributed by atoms with E-state index in [0.29, 0.717) is 12.2 Å². The van der Waals surface area contributed by atoms with Crippen LogP contribution in [-0.2, 0) is 16.4 Å². The maximum absolute atomic E-state index is 12.3. The molecule has 4 nitrogen and oxygen atoms in total. The van der Waals surface area contributed by atoms with Gasteiger partial charge in [0.1, 0.15) is 5.75 Å². The molecular weight excluding hydrogens is 330 g/mol. The van der Waals surface area contributed by atoms with Gasteiger partial charge in [-0.05, 0) is 43.0 Å². The van der Waals surface area contributed by atoms with Crippen LogP contribution in [0.2, 0.25) is 5.02 Å². The van der Waals surface area contributed by atoms with Gasteiger partial charge in [-0.3, -0.25) is 0 Å². The molecule has 1 aromatic heterocycles. The third-order valence-corrected chi connectivity index (χ3v) is 5.66. The minimum absolute atomic E-state index is 0.131. The summed E-state index contributed by atoms with van der Waals surface area (Å²) in [5.41, 5.74) is 0. The summed E-state index contributed by atoms with van der Waals surface area (Å²) in [4.78, 5) is 1.27. The summed E-state index contributed by atoms with van der Waals surface area (Å²) < 4.78 is 32.3. The fourth-order valence-electron chi connectivity index (χ4n) is 1.92. The van der Waals surface area contributed by atoms with Gasteiger partial charge in [0, 0.05) is 10.9 Å². The number of halogens is 1. The fourth-order valence-corrected chi connectivity index (χ4v) is 4.35. The summed E-state index contributed by atoms with van der Waals surface area (Å²) in [6, 6.07) is 8.14. The van der Waals surface area contributed by atoms with E-state index in [4.69, 9.17) is 16.3 Å². The van der Waals surface area contributed by atoms with E-state index in [9.17, 15) is 8.42 Å². The average Bonchev–Trinajstić information content (AvgIpc) is 2.90. The second-order valence-corrected chi connectivity index (χ2v) is 7.76. The molecule has 1 N–H and O–H groups in total. The van der Waals surface area contributed by atoms with Crippen LogP contribution in [0.3, 0.4) is 0 Å². The Bertz CT molecular complexity index is 699. The lowest BCUT2D eigenvalue weighted by Gasteiger charge is -2.14. The number of rotatable bonds is 6. The molecule has 0 unspecified atom stereocenters. The van der Waals surface area contributed by atoms with Crippen molar-refractivity contribution < 1.29 is 13.2 Å². The predicted octanol–water partition coefficient (Wildman–Crippen LogP) is 3.32. The molecule has 1 heterocycles. The zero-order valence-corrected chi connectivity index (χ0v) is 14.1. The topological polar surface area (TPSA) is 55.4 Å². The number of methoxy groups -OCH3 is 1. The van der Waals surface area contributed by atoms with Gasteiger partial charge in [0.15, 0.2) is 0 Å². The second-order valence-electron chi connectivity index (χ2n) is 4.60. The lowest BCUT2D eigenvalue weighted by molar-refractivity contribution is 0.414. The van der Waals surface area contributed by atoms with E-state index in [1.807, 2.05) is 24.4 Å². The second kappa shape index (κ2) is 6.79. The smallest absolute Gasteiger partial charge is 0.240 e. The van der Waals surface area contributed by atoms with Crippen LogP contribution < -0.4 is 9.46 Å². The number of nitrogens with one attached hydrogen (secondary N) is 1. The van der Waals surface area contributed by atoms with Gasteiger partial charge in [-0.2, -0.15) is 0 Å². The van der Waals surface area contributed by atoms with Crippen LogP contribution in [0.15, 0.2) is 40.6 Å². The Labute approximate surface area is 133 Å². The van der Waals surface area contributed by atoms with E-state index in [-0.39, 0.29) is 16.0 Å². The Balaban J connectivity index is 2.12. The normalized spacial score (nSPS) is 13.1. The van der Waals surface area contributed by atoms with Gasteiger partial charge in [0.25, 0.3) is 0 Å². The number of hydrogen-bond donors (Lipinski definition) is 1. The van der Waals surface area contributed by atoms with Crippen molar-refractivity contribution in [2.45, 2.75) is 24.3 Å². The quantitative estimate of drug-likeness (QED) is 0.873. The molecule has 0 amide bonds. The van der Waals surface area contributed by atoms with E-state index in [1.54, 1.807) is 17.4 Å². The monoisotopic (exact) mass is 345 g/mol. The Morgan fingerprint density at radius 2 is 2.14 bits per heavy atom. The van der Waals surface area contributed by atoms with Gasteiger partial charge in [-0.15, -0.1) is 11.3 Å². The van der Waals surface area contributed by atoms with Gasteiger partial charge in [-0.1, -0.05) is 17.7 Å². The van der Waals surface area contributed by atoms with Crippen LogP contribution >= 0.6 is 22.9 Å². The maximum Gasteiger partial charge on any atom is 0.240 e. The fraction of sp³-hybridized carbons (Fsp3) is 0.286. The summed E-state index contributed by atoms with van der Waals surface area (Å²) >= 11 is 7.58. The number of benzene rings is 1. The van der Waals surface area contributed by atoms with Gasteiger partial charge in [0.2, 0.25) is 10.0 Å². The summed E-state index contributed by atoms with van der Waals surface area (Å²) in [6.07, 6.45) is 0.654. The molecule has 0 aliphatic heterocycles. The molecule has 0 saturated heterocycles. The molecule has 114 valence electrons. The van der Waals surface area contributed by atoms with Crippen molar-refractivity contribution in [1.82, 2.24) is 4.72 Å². The highest BCUT2D eigenvalue weighted by molar-refractivity contribution is 7.89. The zero-order chi connectivity index (χ0) is 15.5. The molecule has 1 atom stereocenters. The van der Waals surface area contributed by atoms with Crippen molar-refractivity contribution in [2.24, 2.45) is 0 Å². The first kappa shape index (κ1) is 16.3. The maximum atomic E-state index is 12.3. The van der Waals surface area contributed by atoms with Gasteiger partial charge in [-0.25, -0.2) is 13.1 Å². The largest absolute Gasteiger partial charge is 0.495 e. The molecule has 0 aliphatic rings. The Kier molecular flexibility index (Phi) is 5.27. The Morgan fingerprint density at radius 3 is 2.71 bits per heavy atom. The molecule has 1 aromatic carbocycles. The molecule has 7 heteroatoms. The number of hydrogen-bond acceptors (Lipinski definition) is 4. The van der Waals surface area contributed by atoms with Crippen LogP contribution in [0.25, 0.3) is 0 Å². The highest BCUT2D eigenvalue weighted by Gasteiger charge is 2.19. The van der Waals surface area contributed by atoms with Gasteiger partial charge < -0.3 is 4.74 Å². The van der Waals surface area contributed by atoms with E-state index in [0.717, 1.165) is 4.88 Å². The average molecular weight is 346 g/mol. The van der Waals surface area contributed by atoms with Gasteiger partial charge >= 0.3 is 0 Å².